The van der Waals surface area contributed by atoms with E-state index >= 15 is 0 Å². The van der Waals surface area contributed by atoms with Crippen LogP contribution in [0.4, 0.5) is 0 Å². The SMILES string of the molecule is CCCNC(=O)c1cc(-c2ccc3ccccc3c2)n(-c2ccccn2)n1. The van der Waals surface area contributed by atoms with Crippen LogP contribution in [-0.2, 0) is 0 Å². The maximum Gasteiger partial charge on any atom is 0.271 e. The van der Waals surface area contributed by atoms with E-state index in [9.17, 15) is 4.79 Å². The molecule has 0 unspecified atom stereocenters. The maximum absolute atomic E-state index is 12.4. The highest BCUT2D eigenvalue weighted by atomic mass is 16.1. The van der Waals surface area contributed by atoms with E-state index in [4.69, 9.17) is 0 Å². The van der Waals surface area contributed by atoms with E-state index in [0.717, 1.165) is 23.1 Å². The van der Waals surface area contributed by atoms with Gasteiger partial charge in [0.2, 0.25) is 0 Å². The molecule has 2 aromatic carbocycles. The molecule has 1 N–H and O–H groups in total. The van der Waals surface area contributed by atoms with Gasteiger partial charge in [-0.05, 0) is 41.5 Å². The summed E-state index contributed by atoms with van der Waals surface area (Å²) in [4.78, 5) is 16.8. The molecule has 0 aliphatic carbocycles. The highest BCUT2D eigenvalue weighted by Crippen LogP contribution is 2.27. The van der Waals surface area contributed by atoms with Crippen molar-refractivity contribution < 1.29 is 4.79 Å². The summed E-state index contributed by atoms with van der Waals surface area (Å²) < 4.78 is 1.73. The molecule has 4 rings (SSSR count). The average Bonchev–Trinajstić information content (AvgIpc) is 3.18. The summed E-state index contributed by atoms with van der Waals surface area (Å²) in [6, 6.07) is 21.9. The fraction of sp³-hybridized carbons (Fsp3) is 0.136. The molecule has 0 bridgehead atoms. The molecule has 0 saturated carbocycles. The summed E-state index contributed by atoms with van der Waals surface area (Å²) in [6.45, 7) is 2.65. The van der Waals surface area contributed by atoms with Crippen LogP contribution in [0.1, 0.15) is 23.8 Å². The summed E-state index contributed by atoms with van der Waals surface area (Å²) in [7, 11) is 0. The smallest absolute Gasteiger partial charge is 0.271 e. The lowest BCUT2D eigenvalue weighted by molar-refractivity contribution is 0.0948. The molecule has 5 heteroatoms. The number of rotatable bonds is 5. The maximum atomic E-state index is 12.4. The van der Waals surface area contributed by atoms with E-state index in [2.05, 4.69) is 39.7 Å². The Hall–Kier alpha value is -3.47. The Kier molecular flexibility index (Phi) is 4.66. The zero-order valence-electron chi connectivity index (χ0n) is 15.1. The van der Waals surface area contributed by atoms with Crippen molar-refractivity contribution in [3.05, 3.63) is 78.6 Å². The van der Waals surface area contributed by atoms with Gasteiger partial charge >= 0.3 is 0 Å². The average molecular weight is 356 g/mol. The van der Waals surface area contributed by atoms with E-state index < -0.39 is 0 Å². The molecule has 0 aliphatic heterocycles. The summed E-state index contributed by atoms with van der Waals surface area (Å²) in [5, 5.41) is 9.73. The number of fused-ring (bicyclic) bond motifs is 1. The van der Waals surface area contributed by atoms with Gasteiger partial charge in [0, 0.05) is 18.3 Å². The van der Waals surface area contributed by atoms with E-state index in [1.54, 1.807) is 10.9 Å². The predicted molar refractivity (Wildman–Crippen MR) is 107 cm³/mol. The molecular formula is C22H20N4O. The van der Waals surface area contributed by atoms with Crippen LogP contribution in [-0.4, -0.2) is 27.2 Å². The molecular weight excluding hydrogens is 336 g/mol. The number of benzene rings is 2. The van der Waals surface area contributed by atoms with Crippen molar-refractivity contribution in [2.75, 3.05) is 6.54 Å². The Balaban J connectivity index is 1.84. The number of pyridine rings is 1. The number of hydrogen-bond acceptors (Lipinski definition) is 3. The highest BCUT2D eigenvalue weighted by Gasteiger charge is 2.17. The Morgan fingerprint density at radius 2 is 1.81 bits per heavy atom. The molecule has 0 fully saturated rings. The van der Waals surface area contributed by atoms with E-state index in [1.807, 2.05) is 49.4 Å². The quantitative estimate of drug-likeness (QED) is 0.582. The third kappa shape index (κ3) is 3.44. The van der Waals surface area contributed by atoms with Gasteiger partial charge in [-0.1, -0.05) is 49.4 Å². The number of nitrogens with one attached hydrogen (secondary N) is 1. The lowest BCUT2D eigenvalue weighted by Gasteiger charge is -2.07. The molecule has 4 aromatic rings. The second-order valence-corrected chi connectivity index (χ2v) is 6.33. The molecule has 0 aliphatic rings. The van der Waals surface area contributed by atoms with Crippen LogP contribution >= 0.6 is 0 Å². The molecule has 5 nitrogen and oxygen atoms in total. The third-order valence-electron chi connectivity index (χ3n) is 4.39. The van der Waals surface area contributed by atoms with Crippen LogP contribution in [0.3, 0.4) is 0 Å². The second kappa shape index (κ2) is 7.41. The minimum atomic E-state index is -0.173. The summed E-state index contributed by atoms with van der Waals surface area (Å²) in [6.07, 6.45) is 2.60. The van der Waals surface area contributed by atoms with Crippen LogP contribution in [0.2, 0.25) is 0 Å². The Morgan fingerprint density at radius 3 is 2.59 bits per heavy atom. The molecule has 0 radical (unpaired) electrons. The zero-order valence-corrected chi connectivity index (χ0v) is 15.1. The molecule has 2 aromatic heterocycles. The third-order valence-corrected chi connectivity index (χ3v) is 4.39. The summed E-state index contributed by atoms with van der Waals surface area (Å²) in [5.41, 5.74) is 2.21. The predicted octanol–water partition coefficient (Wildman–Crippen LogP) is 4.23. The van der Waals surface area contributed by atoms with Crippen molar-refractivity contribution in [1.29, 1.82) is 0 Å². The fourth-order valence-electron chi connectivity index (χ4n) is 3.03. The zero-order chi connectivity index (χ0) is 18.6. The molecule has 0 spiro atoms. The molecule has 0 saturated heterocycles. The first-order valence-electron chi connectivity index (χ1n) is 9.05. The molecule has 1 amide bonds. The number of carbonyl (C=O) groups is 1. The standard InChI is InChI=1S/C22H20N4O/c1-2-12-24-22(27)19-15-20(26(25-19)21-9-5-6-13-23-21)18-11-10-16-7-3-4-8-17(16)14-18/h3-11,13-15H,2,12H2,1H3,(H,24,27). The van der Waals surface area contributed by atoms with Crippen molar-refractivity contribution in [2.24, 2.45) is 0 Å². The first kappa shape index (κ1) is 17.0. The van der Waals surface area contributed by atoms with Crippen molar-refractivity contribution in [3.63, 3.8) is 0 Å². The van der Waals surface area contributed by atoms with Crippen LogP contribution in [0, 0.1) is 0 Å². The van der Waals surface area contributed by atoms with Gasteiger partial charge in [-0.25, -0.2) is 9.67 Å². The van der Waals surface area contributed by atoms with Gasteiger partial charge in [-0.2, -0.15) is 5.10 Å². The number of carbonyl (C=O) groups excluding carboxylic acids is 1. The van der Waals surface area contributed by atoms with Crippen molar-refractivity contribution in [2.45, 2.75) is 13.3 Å². The minimum absolute atomic E-state index is 0.173. The second-order valence-electron chi connectivity index (χ2n) is 6.33. The van der Waals surface area contributed by atoms with Crippen LogP contribution in [0.25, 0.3) is 27.8 Å². The lowest BCUT2D eigenvalue weighted by Crippen LogP contribution is -2.24. The lowest BCUT2D eigenvalue weighted by atomic mass is 10.0. The number of amides is 1. The van der Waals surface area contributed by atoms with E-state index in [1.165, 1.54) is 5.39 Å². The first-order chi connectivity index (χ1) is 13.3. The summed E-state index contributed by atoms with van der Waals surface area (Å²) in [5.74, 6) is 0.503. The largest absolute Gasteiger partial charge is 0.351 e. The van der Waals surface area contributed by atoms with Gasteiger partial charge in [0.1, 0.15) is 0 Å². The Bertz CT molecular complexity index is 1090. The van der Waals surface area contributed by atoms with Crippen molar-refractivity contribution in [1.82, 2.24) is 20.1 Å². The normalized spacial score (nSPS) is 10.9. The van der Waals surface area contributed by atoms with Crippen LogP contribution in [0.5, 0.6) is 0 Å². The topological polar surface area (TPSA) is 59.8 Å². The van der Waals surface area contributed by atoms with Gasteiger partial charge in [0.15, 0.2) is 11.5 Å². The number of aromatic nitrogens is 3. The van der Waals surface area contributed by atoms with Gasteiger partial charge < -0.3 is 5.32 Å². The van der Waals surface area contributed by atoms with Gasteiger partial charge in [0.05, 0.1) is 5.69 Å². The van der Waals surface area contributed by atoms with Gasteiger partial charge in [0.25, 0.3) is 5.91 Å². The van der Waals surface area contributed by atoms with E-state index in [-0.39, 0.29) is 5.91 Å². The Morgan fingerprint density at radius 1 is 1.00 bits per heavy atom. The molecule has 0 atom stereocenters. The number of nitrogens with zero attached hydrogens (tertiary/aromatic N) is 3. The summed E-state index contributed by atoms with van der Waals surface area (Å²) >= 11 is 0. The van der Waals surface area contributed by atoms with Crippen molar-refractivity contribution in [3.8, 4) is 17.1 Å². The first-order valence-corrected chi connectivity index (χ1v) is 9.05. The Labute approximate surface area is 157 Å². The molecule has 2 heterocycles. The highest BCUT2D eigenvalue weighted by molar-refractivity contribution is 5.94. The van der Waals surface area contributed by atoms with Crippen LogP contribution in [0.15, 0.2) is 72.9 Å². The van der Waals surface area contributed by atoms with Crippen LogP contribution < -0.4 is 5.32 Å². The number of hydrogen-bond donors (Lipinski definition) is 1. The molecule has 134 valence electrons. The van der Waals surface area contributed by atoms with Gasteiger partial charge in [-0.3, -0.25) is 4.79 Å². The fourth-order valence-corrected chi connectivity index (χ4v) is 3.03. The molecule has 27 heavy (non-hydrogen) atoms. The minimum Gasteiger partial charge on any atom is -0.351 e. The van der Waals surface area contributed by atoms with Gasteiger partial charge in [-0.15, -0.1) is 0 Å². The van der Waals surface area contributed by atoms with Crippen molar-refractivity contribution >= 4 is 16.7 Å². The monoisotopic (exact) mass is 356 g/mol. The van der Waals surface area contributed by atoms with E-state index in [0.29, 0.717) is 18.1 Å².